The largest absolute Gasteiger partial charge is 0.323 e. The summed E-state index contributed by atoms with van der Waals surface area (Å²) in [6.07, 6.45) is 5.86. The lowest BCUT2D eigenvalue weighted by atomic mass is 9.84. The fourth-order valence-electron chi connectivity index (χ4n) is 4.33. The number of benzene rings is 1. The molecular weight excluding hydrogens is 324 g/mol. The highest BCUT2D eigenvalue weighted by molar-refractivity contribution is 9.10. The van der Waals surface area contributed by atoms with Crippen LogP contribution in [-0.4, -0.2) is 32.2 Å². The summed E-state index contributed by atoms with van der Waals surface area (Å²) in [5.41, 5.74) is 1.47. The normalized spacial score (nSPS) is 33.8. The Morgan fingerprint density at radius 1 is 1.10 bits per heavy atom. The molecule has 1 saturated carbocycles. The predicted octanol–water partition coefficient (Wildman–Crippen LogP) is 1.31. The van der Waals surface area contributed by atoms with Crippen molar-refractivity contribution < 1.29 is 9.80 Å². The average molecular weight is 353 g/mol. The van der Waals surface area contributed by atoms with Crippen LogP contribution in [0.1, 0.15) is 38.2 Å². The summed E-state index contributed by atoms with van der Waals surface area (Å²) in [4.78, 5) is 3.67. The van der Waals surface area contributed by atoms with Crippen molar-refractivity contribution in [3.8, 4) is 0 Å². The van der Waals surface area contributed by atoms with Crippen molar-refractivity contribution in [2.45, 2.75) is 45.2 Å². The van der Waals surface area contributed by atoms with Gasteiger partial charge in [0.15, 0.2) is 0 Å². The number of hydrogen-bond acceptors (Lipinski definition) is 0. The van der Waals surface area contributed by atoms with Gasteiger partial charge in [0.2, 0.25) is 0 Å². The molecule has 0 spiro atoms. The molecule has 2 aliphatic rings. The third kappa shape index (κ3) is 4.08. The summed E-state index contributed by atoms with van der Waals surface area (Å²) in [5.74, 6) is 0.945. The standard InChI is InChI=1S/C18H27BrN2/c1-15-5-2-3-8-18(15)21-11-9-20(10-12-21)14-16-6-4-7-17(19)13-16/h4,6-7,13,15,18H,2-3,5,8-12,14H2,1H3/p+2/t15-,18+/m1/s1. The van der Waals surface area contributed by atoms with Crippen LogP contribution < -0.4 is 9.80 Å². The van der Waals surface area contributed by atoms with E-state index in [0.29, 0.717) is 0 Å². The van der Waals surface area contributed by atoms with Crippen molar-refractivity contribution in [1.29, 1.82) is 0 Å². The molecule has 3 heteroatoms. The Labute approximate surface area is 137 Å². The fraction of sp³-hybridized carbons (Fsp3) is 0.667. The van der Waals surface area contributed by atoms with Crippen molar-refractivity contribution in [3.05, 3.63) is 34.3 Å². The number of nitrogens with one attached hydrogen (secondary N) is 2. The van der Waals surface area contributed by atoms with Crippen LogP contribution in [0.25, 0.3) is 0 Å². The van der Waals surface area contributed by atoms with Crippen LogP contribution >= 0.6 is 15.9 Å². The second-order valence-electron chi connectivity index (χ2n) is 7.08. The van der Waals surface area contributed by atoms with E-state index in [-0.39, 0.29) is 0 Å². The van der Waals surface area contributed by atoms with Gasteiger partial charge in [-0.1, -0.05) is 41.4 Å². The molecule has 0 radical (unpaired) electrons. The minimum absolute atomic E-state index is 0.945. The number of hydrogen-bond donors (Lipinski definition) is 2. The molecule has 116 valence electrons. The fourth-order valence-corrected chi connectivity index (χ4v) is 4.78. The third-order valence-corrected chi connectivity index (χ3v) is 6.07. The Balaban J connectivity index is 1.50. The Morgan fingerprint density at radius 3 is 2.57 bits per heavy atom. The minimum atomic E-state index is 0.945. The van der Waals surface area contributed by atoms with Gasteiger partial charge in [0.1, 0.15) is 32.7 Å². The van der Waals surface area contributed by atoms with E-state index in [1.807, 2.05) is 4.90 Å². The van der Waals surface area contributed by atoms with Crippen LogP contribution in [0.2, 0.25) is 0 Å². The van der Waals surface area contributed by atoms with Crippen molar-refractivity contribution in [2.24, 2.45) is 5.92 Å². The molecule has 2 atom stereocenters. The van der Waals surface area contributed by atoms with Crippen molar-refractivity contribution in [2.75, 3.05) is 26.2 Å². The summed E-state index contributed by atoms with van der Waals surface area (Å²) < 4.78 is 1.21. The van der Waals surface area contributed by atoms with E-state index in [2.05, 4.69) is 47.1 Å². The lowest BCUT2D eigenvalue weighted by Crippen LogP contribution is -3.29. The first-order valence-electron chi connectivity index (χ1n) is 8.65. The molecular formula is C18H29BrN2+2. The molecule has 2 nitrogen and oxygen atoms in total. The molecule has 0 bridgehead atoms. The molecule has 2 fully saturated rings. The Morgan fingerprint density at radius 2 is 1.86 bits per heavy atom. The summed E-state index contributed by atoms with van der Waals surface area (Å²) in [6.45, 7) is 9.09. The molecule has 1 aliphatic heterocycles. The first-order valence-corrected chi connectivity index (χ1v) is 9.44. The van der Waals surface area contributed by atoms with Gasteiger partial charge in [0, 0.05) is 16.0 Å². The maximum Gasteiger partial charge on any atom is 0.127 e. The second-order valence-corrected chi connectivity index (χ2v) is 8.00. The van der Waals surface area contributed by atoms with Gasteiger partial charge in [0.25, 0.3) is 0 Å². The van der Waals surface area contributed by atoms with E-state index < -0.39 is 0 Å². The average Bonchev–Trinajstić information content (AvgIpc) is 2.49. The van der Waals surface area contributed by atoms with E-state index in [1.54, 1.807) is 4.90 Å². The first-order chi connectivity index (χ1) is 10.2. The molecule has 0 unspecified atom stereocenters. The van der Waals surface area contributed by atoms with Crippen molar-refractivity contribution in [1.82, 2.24) is 0 Å². The molecule has 0 aromatic heterocycles. The van der Waals surface area contributed by atoms with E-state index >= 15 is 0 Å². The topological polar surface area (TPSA) is 8.88 Å². The van der Waals surface area contributed by atoms with Crippen LogP contribution in [-0.2, 0) is 6.54 Å². The van der Waals surface area contributed by atoms with E-state index in [4.69, 9.17) is 0 Å². The molecule has 3 rings (SSSR count). The summed E-state index contributed by atoms with van der Waals surface area (Å²) >= 11 is 3.58. The zero-order chi connectivity index (χ0) is 14.7. The Hall–Kier alpha value is -0.380. The highest BCUT2D eigenvalue weighted by atomic mass is 79.9. The number of rotatable bonds is 3. The van der Waals surface area contributed by atoms with Crippen LogP contribution in [0.4, 0.5) is 0 Å². The molecule has 1 aromatic rings. The van der Waals surface area contributed by atoms with Crippen LogP contribution in [0.3, 0.4) is 0 Å². The van der Waals surface area contributed by atoms with Crippen LogP contribution in [0.15, 0.2) is 28.7 Å². The van der Waals surface area contributed by atoms with Crippen LogP contribution in [0.5, 0.6) is 0 Å². The molecule has 1 aromatic carbocycles. The maximum absolute atomic E-state index is 3.58. The molecule has 2 N–H and O–H groups in total. The zero-order valence-corrected chi connectivity index (χ0v) is 14.8. The Kier molecular flexibility index (Phi) is 5.36. The molecule has 1 aliphatic carbocycles. The number of quaternary nitrogens is 2. The molecule has 0 amide bonds. The van der Waals surface area contributed by atoms with E-state index in [0.717, 1.165) is 12.0 Å². The highest BCUT2D eigenvalue weighted by Crippen LogP contribution is 2.21. The van der Waals surface area contributed by atoms with Gasteiger partial charge in [0.05, 0.1) is 6.04 Å². The monoisotopic (exact) mass is 352 g/mol. The lowest BCUT2D eigenvalue weighted by Gasteiger charge is -2.39. The second kappa shape index (κ2) is 7.26. The van der Waals surface area contributed by atoms with Gasteiger partial charge in [-0.25, -0.2) is 0 Å². The van der Waals surface area contributed by atoms with Gasteiger partial charge < -0.3 is 9.80 Å². The van der Waals surface area contributed by atoms with E-state index in [1.165, 1.54) is 68.4 Å². The Bertz CT molecular complexity index is 454. The molecule has 1 heterocycles. The van der Waals surface area contributed by atoms with Crippen molar-refractivity contribution in [3.63, 3.8) is 0 Å². The summed E-state index contributed by atoms with van der Waals surface area (Å²) in [5, 5.41) is 0. The first kappa shape index (κ1) is 15.5. The van der Waals surface area contributed by atoms with Gasteiger partial charge in [-0.15, -0.1) is 0 Å². The van der Waals surface area contributed by atoms with Gasteiger partial charge in [-0.05, 0) is 31.4 Å². The summed E-state index contributed by atoms with van der Waals surface area (Å²) in [7, 11) is 0. The SMILES string of the molecule is C[C@@H]1CCCC[C@@H]1[NH+]1CC[NH+](Cc2cccc(Br)c2)CC1. The smallest absolute Gasteiger partial charge is 0.127 e. The zero-order valence-electron chi connectivity index (χ0n) is 13.2. The quantitative estimate of drug-likeness (QED) is 0.811. The minimum Gasteiger partial charge on any atom is -0.323 e. The number of halogens is 1. The molecule has 21 heavy (non-hydrogen) atoms. The van der Waals surface area contributed by atoms with Gasteiger partial charge in [-0.3, -0.25) is 0 Å². The van der Waals surface area contributed by atoms with Crippen LogP contribution in [0, 0.1) is 5.92 Å². The predicted molar refractivity (Wildman–Crippen MR) is 90.7 cm³/mol. The summed E-state index contributed by atoms with van der Waals surface area (Å²) in [6, 6.07) is 9.76. The maximum atomic E-state index is 3.58. The highest BCUT2D eigenvalue weighted by Gasteiger charge is 2.34. The lowest BCUT2D eigenvalue weighted by molar-refractivity contribution is -1.03. The van der Waals surface area contributed by atoms with Gasteiger partial charge >= 0.3 is 0 Å². The third-order valence-electron chi connectivity index (χ3n) is 5.58. The number of piperazine rings is 1. The van der Waals surface area contributed by atoms with Gasteiger partial charge in [-0.2, -0.15) is 0 Å². The van der Waals surface area contributed by atoms with E-state index in [9.17, 15) is 0 Å². The molecule has 1 saturated heterocycles. The van der Waals surface area contributed by atoms with Crippen molar-refractivity contribution >= 4 is 15.9 Å².